The number of aromatic nitrogens is 1. The maximum Gasteiger partial charge on any atom is 0.255 e. The van der Waals surface area contributed by atoms with Gasteiger partial charge in [0.05, 0.1) is 25.9 Å². The second kappa shape index (κ2) is 10.8. The number of para-hydroxylation sites is 1. The zero-order chi connectivity index (χ0) is 22.2. The predicted octanol–water partition coefficient (Wildman–Crippen LogP) is 2.00. The third-order valence-corrected chi connectivity index (χ3v) is 5.20. The lowest BCUT2D eigenvalue weighted by Gasteiger charge is -2.27. The van der Waals surface area contributed by atoms with E-state index in [0.717, 1.165) is 24.5 Å². The Bertz CT molecular complexity index is 879. The molecule has 3 rings (SSSR count). The maximum atomic E-state index is 12.8. The number of morpholine rings is 1. The van der Waals surface area contributed by atoms with Crippen LogP contribution in [-0.2, 0) is 16.1 Å². The molecular formula is C23H30N4O4. The zero-order valence-electron chi connectivity index (χ0n) is 18.3. The average Bonchev–Trinajstić information content (AvgIpc) is 2.81. The molecule has 2 amide bonds. The van der Waals surface area contributed by atoms with Crippen molar-refractivity contribution >= 4 is 17.6 Å². The first kappa shape index (κ1) is 22.6. The predicted molar refractivity (Wildman–Crippen MR) is 118 cm³/mol. The molecule has 1 aliphatic rings. The van der Waals surface area contributed by atoms with Crippen LogP contribution in [0.3, 0.4) is 0 Å². The monoisotopic (exact) mass is 426 g/mol. The Morgan fingerprint density at radius 2 is 1.90 bits per heavy atom. The van der Waals surface area contributed by atoms with Gasteiger partial charge in [0.2, 0.25) is 5.91 Å². The molecule has 1 saturated heterocycles. The van der Waals surface area contributed by atoms with Crippen molar-refractivity contribution in [3.63, 3.8) is 0 Å². The first-order valence-corrected chi connectivity index (χ1v) is 10.5. The van der Waals surface area contributed by atoms with Gasteiger partial charge in [-0.15, -0.1) is 0 Å². The van der Waals surface area contributed by atoms with Crippen molar-refractivity contribution < 1.29 is 19.1 Å². The molecule has 31 heavy (non-hydrogen) atoms. The number of anilines is 1. The summed E-state index contributed by atoms with van der Waals surface area (Å²) in [6.45, 7) is 7.18. The van der Waals surface area contributed by atoms with Gasteiger partial charge in [0, 0.05) is 25.8 Å². The van der Waals surface area contributed by atoms with E-state index in [4.69, 9.17) is 9.47 Å². The van der Waals surface area contributed by atoms with Crippen molar-refractivity contribution in [3.8, 4) is 5.75 Å². The third-order valence-electron chi connectivity index (χ3n) is 5.20. The van der Waals surface area contributed by atoms with Crippen molar-refractivity contribution in [3.05, 3.63) is 53.7 Å². The van der Waals surface area contributed by atoms with E-state index in [1.807, 2.05) is 26.0 Å². The van der Waals surface area contributed by atoms with Gasteiger partial charge in [0.25, 0.3) is 5.91 Å². The molecule has 1 aromatic heterocycles. The summed E-state index contributed by atoms with van der Waals surface area (Å²) in [6.07, 6.45) is 1.77. The molecule has 0 radical (unpaired) electrons. The fraction of sp³-hybridized carbons (Fsp3) is 0.435. The topological polar surface area (TPSA) is 92.8 Å². The summed E-state index contributed by atoms with van der Waals surface area (Å²) in [6, 6.07) is 10.2. The van der Waals surface area contributed by atoms with Gasteiger partial charge in [-0.3, -0.25) is 9.59 Å². The number of benzene rings is 1. The first-order chi connectivity index (χ1) is 15.0. The van der Waals surface area contributed by atoms with Crippen LogP contribution in [0.2, 0.25) is 0 Å². The number of methoxy groups -OCH3 is 1. The fourth-order valence-electron chi connectivity index (χ4n) is 3.39. The van der Waals surface area contributed by atoms with Crippen molar-refractivity contribution in [2.75, 3.05) is 38.3 Å². The summed E-state index contributed by atoms with van der Waals surface area (Å²) in [5.41, 5.74) is 1.29. The molecule has 8 heteroatoms. The van der Waals surface area contributed by atoms with Crippen LogP contribution in [0.4, 0.5) is 5.82 Å². The maximum absolute atomic E-state index is 12.8. The minimum Gasteiger partial charge on any atom is -0.496 e. The van der Waals surface area contributed by atoms with Crippen molar-refractivity contribution in [2.24, 2.45) is 5.92 Å². The van der Waals surface area contributed by atoms with E-state index >= 15 is 0 Å². The first-order valence-electron chi connectivity index (χ1n) is 10.5. The van der Waals surface area contributed by atoms with Crippen LogP contribution in [0.1, 0.15) is 29.8 Å². The molecule has 8 nitrogen and oxygen atoms in total. The van der Waals surface area contributed by atoms with E-state index in [0.29, 0.717) is 31.1 Å². The molecule has 0 bridgehead atoms. The molecule has 1 atom stereocenters. The standard InChI is InChI=1S/C23H30N4O4/c1-16(2)21(26-22(28)18-6-4-5-7-19(18)30-3)23(29)25-15-17-8-9-20(24-14-17)27-10-12-31-13-11-27/h4-9,14,16,21H,10-13,15H2,1-3H3,(H,25,29)(H,26,28)/t21-/m0/s1. The third kappa shape index (κ3) is 5.95. The van der Waals surface area contributed by atoms with Crippen LogP contribution in [0, 0.1) is 5.92 Å². The number of carbonyl (C=O) groups is 2. The molecule has 0 spiro atoms. The van der Waals surface area contributed by atoms with Gasteiger partial charge in [-0.2, -0.15) is 0 Å². The molecule has 0 unspecified atom stereocenters. The summed E-state index contributed by atoms with van der Waals surface area (Å²) in [5, 5.41) is 5.74. The summed E-state index contributed by atoms with van der Waals surface area (Å²) in [7, 11) is 1.51. The number of nitrogens with zero attached hydrogens (tertiary/aromatic N) is 2. The van der Waals surface area contributed by atoms with Gasteiger partial charge in [0.15, 0.2) is 0 Å². The number of nitrogens with one attached hydrogen (secondary N) is 2. The van der Waals surface area contributed by atoms with Crippen molar-refractivity contribution in [1.29, 1.82) is 0 Å². The number of hydrogen-bond donors (Lipinski definition) is 2. The van der Waals surface area contributed by atoms with Gasteiger partial charge < -0.3 is 25.0 Å². The van der Waals surface area contributed by atoms with E-state index in [-0.39, 0.29) is 17.7 Å². The van der Waals surface area contributed by atoms with Crippen molar-refractivity contribution in [2.45, 2.75) is 26.4 Å². The number of rotatable bonds is 8. The number of pyridine rings is 1. The Balaban J connectivity index is 1.58. The van der Waals surface area contributed by atoms with Gasteiger partial charge >= 0.3 is 0 Å². The van der Waals surface area contributed by atoms with Crippen LogP contribution >= 0.6 is 0 Å². The Labute approximate surface area is 182 Å². The molecular weight excluding hydrogens is 396 g/mol. The molecule has 1 fully saturated rings. The van der Waals surface area contributed by atoms with E-state index in [2.05, 4.69) is 20.5 Å². The summed E-state index contributed by atoms with van der Waals surface area (Å²) >= 11 is 0. The molecule has 2 heterocycles. The highest BCUT2D eigenvalue weighted by molar-refractivity contribution is 5.99. The minimum absolute atomic E-state index is 0.0829. The second-order valence-corrected chi connectivity index (χ2v) is 7.74. The van der Waals surface area contributed by atoms with E-state index in [1.165, 1.54) is 7.11 Å². The van der Waals surface area contributed by atoms with Gasteiger partial charge in [0.1, 0.15) is 17.6 Å². The molecule has 2 N–H and O–H groups in total. The molecule has 0 saturated carbocycles. The Kier molecular flexibility index (Phi) is 7.83. The largest absolute Gasteiger partial charge is 0.496 e. The Morgan fingerprint density at radius 3 is 2.55 bits per heavy atom. The highest BCUT2D eigenvalue weighted by atomic mass is 16.5. The zero-order valence-corrected chi connectivity index (χ0v) is 18.3. The summed E-state index contributed by atoms with van der Waals surface area (Å²) in [5.74, 6) is 0.704. The van der Waals surface area contributed by atoms with E-state index < -0.39 is 6.04 Å². The quantitative estimate of drug-likeness (QED) is 0.671. The van der Waals surface area contributed by atoms with Crippen LogP contribution in [0.5, 0.6) is 5.75 Å². The lowest BCUT2D eigenvalue weighted by molar-refractivity contribution is -0.124. The Hall–Kier alpha value is -3.13. The van der Waals surface area contributed by atoms with E-state index in [1.54, 1.807) is 30.5 Å². The van der Waals surface area contributed by atoms with E-state index in [9.17, 15) is 9.59 Å². The second-order valence-electron chi connectivity index (χ2n) is 7.74. The molecule has 2 aromatic rings. The smallest absolute Gasteiger partial charge is 0.255 e. The number of amides is 2. The lowest BCUT2D eigenvalue weighted by Crippen LogP contribution is -2.49. The average molecular weight is 427 g/mol. The summed E-state index contributed by atoms with van der Waals surface area (Å²) in [4.78, 5) is 32.2. The highest BCUT2D eigenvalue weighted by Crippen LogP contribution is 2.18. The minimum atomic E-state index is -0.669. The van der Waals surface area contributed by atoms with Crippen LogP contribution in [0.25, 0.3) is 0 Å². The number of hydrogen-bond acceptors (Lipinski definition) is 6. The van der Waals surface area contributed by atoms with Crippen molar-refractivity contribution in [1.82, 2.24) is 15.6 Å². The van der Waals surface area contributed by atoms with Crippen LogP contribution < -0.4 is 20.3 Å². The Morgan fingerprint density at radius 1 is 1.16 bits per heavy atom. The normalized spacial score (nSPS) is 14.8. The van der Waals surface area contributed by atoms with Gasteiger partial charge in [-0.1, -0.05) is 32.0 Å². The van der Waals surface area contributed by atoms with Crippen LogP contribution in [-0.4, -0.2) is 56.3 Å². The molecule has 166 valence electrons. The highest BCUT2D eigenvalue weighted by Gasteiger charge is 2.25. The molecule has 0 aliphatic carbocycles. The lowest BCUT2D eigenvalue weighted by atomic mass is 10.0. The number of ether oxygens (including phenoxy) is 2. The SMILES string of the molecule is COc1ccccc1C(=O)N[C@H](C(=O)NCc1ccc(N2CCOCC2)nc1)C(C)C. The van der Waals surface area contributed by atoms with Gasteiger partial charge in [-0.05, 0) is 29.7 Å². The number of carbonyl (C=O) groups excluding carboxylic acids is 2. The fourth-order valence-corrected chi connectivity index (χ4v) is 3.39. The summed E-state index contributed by atoms with van der Waals surface area (Å²) < 4.78 is 10.6. The molecule has 1 aliphatic heterocycles. The molecule has 1 aromatic carbocycles. The van der Waals surface area contributed by atoms with Crippen LogP contribution in [0.15, 0.2) is 42.6 Å². The van der Waals surface area contributed by atoms with Gasteiger partial charge in [-0.25, -0.2) is 4.98 Å².